The highest BCUT2D eigenvalue weighted by Gasteiger charge is 2.28. The Morgan fingerprint density at radius 1 is 0.963 bits per heavy atom. The van der Waals surface area contributed by atoms with Gasteiger partial charge in [-0.2, -0.15) is 0 Å². The lowest BCUT2D eigenvalue weighted by Gasteiger charge is -2.27. The first-order valence-corrected chi connectivity index (χ1v) is 10.1. The Labute approximate surface area is 161 Å². The van der Waals surface area contributed by atoms with E-state index in [1.807, 2.05) is 17.0 Å². The molecular weight excluding hydrogens is 336 g/mol. The zero-order valence-electron chi connectivity index (χ0n) is 15.8. The summed E-state index contributed by atoms with van der Waals surface area (Å²) in [5, 5.41) is 9.56. The van der Waals surface area contributed by atoms with Crippen LogP contribution in [0.3, 0.4) is 0 Å². The number of carbonyl (C=O) groups excluding carboxylic acids is 1. The van der Waals surface area contributed by atoms with Crippen molar-refractivity contribution >= 4 is 5.91 Å². The monoisotopic (exact) mass is 364 g/mol. The van der Waals surface area contributed by atoms with Crippen molar-refractivity contribution in [1.29, 1.82) is 0 Å². The predicted molar refractivity (Wildman–Crippen MR) is 107 cm³/mol. The number of aryl methyl sites for hydroxylation is 1. The van der Waals surface area contributed by atoms with Crippen LogP contribution in [-0.2, 0) is 24.1 Å². The van der Waals surface area contributed by atoms with E-state index in [2.05, 4.69) is 29.2 Å². The largest absolute Gasteiger partial charge is 0.508 e. The number of fused-ring (bicyclic) bond motifs is 1. The summed E-state index contributed by atoms with van der Waals surface area (Å²) < 4.78 is 0. The molecule has 1 N–H and O–H groups in total. The van der Waals surface area contributed by atoms with Crippen LogP contribution in [0.5, 0.6) is 5.75 Å². The van der Waals surface area contributed by atoms with E-state index in [0.29, 0.717) is 18.9 Å². The van der Waals surface area contributed by atoms with Gasteiger partial charge in [0.15, 0.2) is 0 Å². The molecule has 27 heavy (non-hydrogen) atoms. The highest BCUT2D eigenvalue weighted by atomic mass is 16.3. The van der Waals surface area contributed by atoms with Gasteiger partial charge in [0.1, 0.15) is 5.75 Å². The Morgan fingerprint density at radius 3 is 2.48 bits per heavy atom. The van der Waals surface area contributed by atoms with Crippen LogP contribution in [0, 0.1) is 0 Å². The first kappa shape index (κ1) is 18.1. The van der Waals surface area contributed by atoms with E-state index in [1.165, 1.54) is 11.1 Å². The number of phenols is 1. The summed E-state index contributed by atoms with van der Waals surface area (Å²) in [6.45, 7) is 3.73. The standard InChI is InChI=1S/C23H28N2O2/c26-22-8-3-5-18(15-22)9-10-23(27)25-12-4-11-24(13-14-25)21-16-19-6-1-2-7-20(19)17-21/h1-3,5-8,15,21,26H,4,9-14,16-17H2. The van der Waals surface area contributed by atoms with E-state index >= 15 is 0 Å². The van der Waals surface area contributed by atoms with Crippen LogP contribution in [0.15, 0.2) is 48.5 Å². The molecule has 0 atom stereocenters. The van der Waals surface area contributed by atoms with Crippen molar-refractivity contribution in [2.45, 2.75) is 38.1 Å². The fourth-order valence-electron chi connectivity index (χ4n) is 4.47. The maximum atomic E-state index is 12.7. The molecule has 2 aromatic rings. The summed E-state index contributed by atoms with van der Waals surface area (Å²) >= 11 is 0. The maximum Gasteiger partial charge on any atom is 0.222 e. The van der Waals surface area contributed by atoms with Crippen LogP contribution in [0.25, 0.3) is 0 Å². The Morgan fingerprint density at radius 2 is 1.74 bits per heavy atom. The lowest BCUT2D eigenvalue weighted by molar-refractivity contribution is -0.131. The minimum Gasteiger partial charge on any atom is -0.508 e. The molecule has 0 radical (unpaired) electrons. The molecule has 1 amide bonds. The van der Waals surface area contributed by atoms with Crippen LogP contribution >= 0.6 is 0 Å². The highest BCUT2D eigenvalue weighted by Crippen LogP contribution is 2.26. The van der Waals surface area contributed by atoms with Gasteiger partial charge in [-0.1, -0.05) is 36.4 Å². The number of hydrogen-bond donors (Lipinski definition) is 1. The maximum absolute atomic E-state index is 12.7. The fraction of sp³-hybridized carbons (Fsp3) is 0.435. The first-order chi connectivity index (χ1) is 13.2. The summed E-state index contributed by atoms with van der Waals surface area (Å²) in [6, 6.07) is 16.6. The summed E-state index contributed by atoms with van der Waals surface area (Å²) in [4.78, 5) is 17.3. The van der Waals surface area contributed by atoms with Crippen molar-refractivity contribution in [2.24, 2.45) is 0 Å². The van der Waals surface area contributed by atoms with Gasteiger partial charge in [0, 0.05) is 38.6 Å². The number of amides is 1. The zero-order chi connectivity index (χ0) is 18.6. The van der Waals surface area contributed by atoms with Crippen molar-refractivity contribution in [1.82, 2.24) is 9.80 Å². The predicted octanol–water partition coefficient (Wildman–Crippen LogP) is 3.03. The van der Waals surface area contributed by atoms with Gasteiger partial charge in [-0.15, -0.1) is 0 Å². The minimum atomic E-state index is 0.231. The molecule has 2 aromatic carbocycles. The van der Waals surface area contributed by atoms with Gasteiger partial charge in [-0.05, 0) is 54.5 Å². The number of rotatable bonds is 4. The average molecular weight is 364 g/mol. The Hall–Kier alpha value is -2.33. The molecule has 4 heteroatoms. The van der Waals surface area contributed by atoms with Crippen LogP contribution in [-0.4, -0.2) is 53.0 Å². The van der Waals surface area contributed by atoms with E-state index in [0.717, 1.165) is 51.0 Å². The molecule has 0 bridgehead atoms. The average Bonchev–Trinajstić information content (AvgIpc) is 2.95. The lowest BCUT2D eigenvalue weighted by Crippen LogP contribution is -2.40. The molecule has 1 fully saturated rings. The quantitative estimate of drug-likeness (QED) is 0.907. The Balaban J connectivity index is 1.29. The van der Waals surface area contributed by atoms with Gasteiger partial charge in [-0.25, -0.2) is 0 Å². The zero-order valence-corrected chi connectivity index (χ0v) is 15.8. The van der Waals surface area contributed by atoms with E-state index in [9.17, 15) is 9.90 Å². The highest BCUT2D eigenvalue weighted by molar-refractivity contribution is 5.76. The number of nitrogens with zero attached hydrogens (tertiary/aromatic N) is 2. The smallest absolute Gasteiger partial charge is 0.222 e. The van der Waals surface area contributed by atoms with Gasteiger partial charge in [-0.3, -0.25) is 9.69 Å². The minimum absolute atomic E-state index is 0.231. The first-order valence-electron chi connectivity index (χ1n) is 10.1. The van der Waals surface area contributed by atoms with Crippen molar-refractivity contribution in [3.05, 3.63) is 65.2 Å². The van der Waals surface area contributed by atoms with Crippen molar-refractivity contribution in [3.63, 3.8) is 0 Å². The molecule has 142 valence electrons. The lowest BCUT2D eigenvalue weighted by atomic mass is 10.1. The number of hydrogen-bond acceptors (Lipinski definition) is 3. The van der Waals surface area contributed by atoms with Crippen LogP contribution in [0.4, 0.5) is 0 Å². The number of benzene rings is 2. The van der Waals surface area contributed by atoms with Crippen LogP contribution < -0.4 is 0 Å². The van der Waals surface area contributed by atoms with E-state index in [1.54, 1.807) is 12.1 Å². The summed E-state index contributed by atoms with van der Waals surface area (Å²) in [7, 11) is 0. The number of carbonyl (C=O) groups is 1. The van der Waals surface area contributed by atoms with E-state index < -0.39 is 0 Å². The van der Waals surface area contributed by atoms with Crippen molar-refractivity contribution < 1.29 is 9.90 Å². The molecule has 1 aliphatic carbocycles. The van der Waals surface area contributed by atoms with Gasteiger partial charge >= 0.3 is 0 Å². The van der Waals surface area contributed by atoms with Crippen LogP contribution in [0.1, 0.15) is 29.5 Å². The second kappa shape index (κ2) is 8.13. The molecule has 4 rings (SSSR count). The second-order valence-electron chi connectivity index (χ2n) is 7.77. The van der Waals surface area contributed by atoms with Gasteiger partial charge in [0.05, 0.1) is 0 Å². The molecule has 4 nitrogen and oxygen atoms in total. The van der Waals surface area contributed by atoms with Crippen LogP contribution in [0.2, 0.25) is 0 Å². The molecule has 0 aromatic heterocycles. The van der Waals surface area contributed by atoms with Gasteiger partial charge in [0.25, 0.3) is 0 Å². The molecule has 1 saturated heterocycles. The summed E-state index contributed by atoms with van der Waals surface area (Å²) in [5.41, 5.74) is 4.00. The molecule has 1 aliphatic heterocycles. The molecule has 0 spiro atoms. The Kier molecular flexibility index (Phi) is 5.44. The third-order valence-corrected chi connectivity index (χ3v) is 5.97. The topological polar surface area (TPSA) is 43.8 Å². The van der Waals surface area contributed by atoms with E-state index in [4.69, 9.17) is 0 Å². The van der Waals surface area contributed by atoms with Gasteiger partial charge < -0.3 is 10.0 Å². The molecule has 1 heterocycles. The normalized spacial score (nSPS) is 18.3. The summed E-state index contributed by atoms with van der Waals surface area (Å²) in [5.74, 6) is 0.498. The molecule has 2 aliphatic rings. The molecule has 0 saturated carbocycles. The van der Waals surface area contributed by atoms with Crippen molar-refractivity contribution in [3.8, 4) is 5.75 Å². The molecular formula is C23H28N2O2. The SMILES string of the molecule is O=C(CCc1cccc(O)c1)N1CCCN(C2Cc3ccccc3C2)CC1. The molecule has 0 unspecified atom stereocenters. The third-order valence-electron chi connectivity index (χ3n) is 5.97. The number of aromatic hydroxyl groups is 1. The number of phenolic OH excluding ortho intramolecular Hbond substituents is 1. The third kappa shape index (κ3) is 4.33. The van der Waals surface area contributed by atoms with Crippen molar-refractivity contribution in [2.75, 3.05) is 26.2 Å². The Bertz CT molecular complexity index is 779. The second-order valence-corrected chi connectivity index (χ2v) is 7.77. The fourth-order valence-corrected chi connectivity index (χ4v) is 4.47. The van der Waals surface area contributed by atoms with E-state index in [-0.39, 0.29) is 11.7 Å². The summed E-state index contributed by atoms with van der Waals surface area (Å²) in [6.07, 6.45) is 4.53. The van der Waals surface area contributed by atoms with Gasteiger partial charge in [0.2, 0.25) is 5.91 Å².